The molecular weight excluding hydrogens is 395 g/mol. The summed E-state index contributed by atoms with van der Waals surface area (Å²) in [6, 6.07) is 12.6. The van der Waals surface area contributed by atoms with Crippen LogP contribution in [0.3, 0.4) is 0 Å². The Morgan fingerprint density at radius 3 is 2.83 bits per heavy atom. The molecule has 0 saturated carbocycles. The molecule has 0 bridgehead atoms. The number of halogens is 2. The minimum atomic E-state index is -0.414. The molecule has 3 rings (SSSR count). The Balaban J connectivity index is 0.00000300. The van der Waals surface area contributed by atoms with Gasteiger partial charge in [0.1, 0.15) is 24.8 Å². The van der Waals surface area contributed by atoms with Gasteiger partial charge >= 0.3 is 6.09 Å². The molecule has 2 aromatic carbocycles. The summed E-state index contributed by atoms with van der Waals surface area (Å²) in [5.74, 6) is 0.130. The summed E-state index contributed by atoms with van der Waals surface area (Å²) in [7, 11) is 0. The lowest BCUT2D eigenvalue weighted by molar-refractivity contribution is 0.0706. The number of carbonyl (C=O) groups excluding carboxylic acids is 1. The van der Waals surface area contributed by atoms with Crippen molar-refractivity contribution in [1.82, 2.24) is 10.2 Å². The molecule has 1 fully saturated rings. The standard InChI is InChI=1S/C22H27FN2O3.ClH/c1-3-19-13-24-9-10-25(19)22(26)28-15-18-12-20(7-8-21(18)23)27-14-17-6-4-5-16(2)11-17;/h4-8,11-12,19,24H,3,9-10,13-15H2,1-2H3;1H. The van der Waals surface area contributed by atoms with Crippen LogP contribution in [0.2, 0.25) is 0 Å². The zero-order chi connectivity index (χ0) is 19.9. The summed E-state index contributed by atoms with van der Waals surface area (Å²) in [5, 5.41) is 3.27. The Labute approximate surface area is 177 Å². The van der Waals surface area contributed by atoms with Crippen LogP contribution < -0.4 is 10.1 Å². The van der Waals surface area contributed by atoms with E-state index in [2.05, 4.69) is 5.32 Å². The molecule has 0 spiro atoms. The fourth-order valence-electron chi connectivity index (χ4n) is 3.31. The van der Waals surface area contributed by atoms with E-state index in [4.69, 9.17) is 9.47 Å². The van der Waals surface area contributed by atoms with Crippen molar-refractivity contribution in [1.29, 1.82) is 0 Å². The van der Waals surface area contributed by atoms with Crippen molar-refractivity contribution in [2.24, 2.45) is 0 Å². The summed E-state index contributed by atoms with van der Waals surface area (Å²) in [6.07, 6.45) is 0.442. The molecule has 1 heterocycles. The normalized spacial score (nSPS) is 16.1. The van der Waals surface area contributed by atoms with Crippen LogP contribution in [0.5, 0.6) is 5.75 Å². The first kappa shape index (κ1) is 23.0. The molecule has 5 nitrogen and oxygen atoms in total. The third kappa shape index (κ3) is 6.34. The van der Waals surface area contributed by atoms with Crippen LogP contribution in [0.4, 0.5) is 9.18 Å². The topological polar surface area (TPSA) is 50.8 Å². The fraction of sp³-hybridized carbons (Fsp3) is 0.409. The van der Waals surface area contributed by atoms with E-state index in [1.54, 1.807) is 17.0 Å². The number of nitrogens with one attached hydrogen (secondary N) is 1. The molecule has 0 aliphatic carbocycles. The second kappa shape index (κ2) is 11.0. The molecule has 1 aliphatic heterocycles. The highest BCUT2D eigenvalue weighted by Crippen LogP contribution is 2.20. The van der Waals surface area contributed by atoms with Crippen molar-refractivity contribution >= 4 is 18.5 Å². The second-order valence-electron chi connectivity index (χ2n) is 7.05. The maximum atomic E-state index is 14.2. The van der Waals surface area contributed by atoms with Crippen LogP contribution in [-0.4, -0.2) is 36.7 Å². The minimum absolute atomic E-state index is 0. The van der Waals surface area contributed by atoms with E-state index < -0.39 is 11.9 Å². The fourth-order valence-corrected chi connectivity index (χ4v) is 3.31. The number of hydrogen-bond donors (Lipinski definition) is 1. The molecule has 0 radical (unpaired) electrons. The minimum Gasteiger partial charge on any atom is -0.489 e. The smallest absolute Gasteiger partial charge is 0.410 e. The van der Waals surface area contributed by atoms with Crippen LogP contribution in [0.15, 0.2) is 42.5 Å². The van der Waals surface area contributed by atoms with Gasteiger partial charge in [0.2, 0.25) is 0 Å². The van der Waals surface area contributed by atoms with E-state index in [1.807, 2.05) is 38.1 Å². The first-order valence-corrected chi connectivity index (χ1v) is 9.67. The van der Waals surface area contributed by atoms with E-state index in [0.717, 1.165) is 30.6 Å². The first-order chi connectivity index (χ1) is 13.6. The van der Waals surface area contributed by atoms with Gasteiger partial charge < -0.3 is 19.7 Å². The Kier molecular flexibility index (Phi) is 8.73. The average Bonchev–Trinajstić information content (AvgIpc) is 2.72. The predicted octanol–water partition coefficient (Wildman–Crippen LogP) is 4.46. The zero-order valence-electron chi connectivity index (χ0n) is 16.8. The monoisotopic (exact) mass is 422 g/mol. The quantitative estimate of drug-likeness (QED) is 0.746. The SMILES string of the molecule is CCC1CNCCN1C(=O)OCc1cc(OCc2cccc(C)c2)ccc1F.Cl. The Bertz CT molecular complexity index is 818. The summed E-state index contributed by atoms with van der Waals surface area (Å²) >= 11 is 0. The van der Waals surface area contributed by atoms with Crippen molar-refractivity contribution < 1.29 is 18.7 Å². The van der Waals surface area contributed by atoms with Crippen molar-refractivity contribution in [3.05, 3.63) is 65.0 Å². The van der Waals surface area contributed by atoms with Gasteiger partial charge in [0, 0.05) is 31.2 Å². The molecule has 158 valence electrons. The Morgan fingerprint density at radius 2 is 2.07 bits per heavy atom. The molecule has 1 amide bonds. The zero-order valence-corrected chi connectivity index (χ0v) is 17.6. The van der Waals surface area contributed by atoms with Crippen molar-refractivity contribution in [3.63, 3.8) is 0 Å². The van der Waals surface area contributed by atoms with Gasteiger partial charge in [0.15, 0.2) is 0 Å². The molecule has 7 heteroatoms. The van der Waals surface area contributed by atoms with Gasteiger partial charge in [0.25, 0.3) is 0 Å². The molecule has 1 unspecified atom stereocenters. The van der Waals surface area contributed by atoms with Gasteiger partial charge in [-0.25, -0.2) is 9.18 Å². The van der Waals surface area contributed by atoms with Gasteiger partial charge in [0.05, 0.1) is 0 Å². The first-order valence-electron chi connectivity index (χ1n) is 9.67. The van der Waals surface area contributed by atoms with Gasteiger partial charge in [-0.2, -0.15) is 0 Å². The van der Waals surface area contributed by atoms with Crippen molar-refractivity contribution in [3.8, 4) is 5.75 Å². The van der Waals surface area contributed by atoms with Crippen LogP contribution in [-0.2, 0) is 18.0 Å². The van der Waals surface area contributed by atoms with E-state index >= 15 is 0 Å². The third-order valence-electron chi connectivity index (χ3n) is 4.91. The number of carbonyl (C=O) groups is 1. The number of aryl methyl sites for hydroxylation is 1. The molecule has 0 aromatic heterocycles. The lowest BCUT2D eigenvalue weighted by atomic mass is 10.1. The van der Waals surface area contributed by atoms with Crippen molar-refractivity contribution in [2.75, 3.05) is 19.6 Å². The summed E-state index contributed by atoms with van der Waals surface area (Å²) in [5.41, 5.74) is 2.51. The number of amides is 1. The van der Waals surface area contributed by atoms with Crippen LogP contribution >= 0.6 is 12.4 Å². The maximum Gasteiger partial charge on any atom is 0.410 e. The van der Waals surface area contributed by atoms with Gasteiger partial charge in [-0.1, -0.05) is 36.8 Å². The summed E-state index contributed by atoms with van der Waals surface area (Å²) < 4.78 is 25.3. The van der Waals surface area contributed by atoms with E-state index in [0.29, 0.717) is 24.5 Å². The lowest BCUT2D eigenvalue weighted by Crippen LogP contribution is -2.53. The maximum absolute atomic E-state index is 14.2. The number of hydrogen-bond acceptors (Lipinski definition) is 4. The predicted molar refractivity (Wildman–Crippen MR) is 113 cm³/mol. The average molecular weight is 423 g/mol. The molecule has 1 atom stereocenters. The number of piperazine rings is 1. The van der Waals surface area contributed by atoms with E-state index in [9.17, 15) is 9.18 Å². The third-order valence-corrected chi connectivity index (χ3v) is 4.91. The van der Waals surface area contributed by atoms with Crippen LogP contribution in [0.25, 0.3) is 0 Å². The van der Waals surface area contributed by atoms with Gasteiger partial charge in [-0.05, 0) is 37.1 Å². The lowest BCUT2D eigenvalue weighted by Gasteiger charge is -2.34. The molecule has 1 aliphatic rings. The summed E-state index contributed by atoms with van der Waals surface area (Å²) in [6.45, 7) is 6.42. The highest BCUT2D eigenvalue weighted by atomic mass is 35.5. The molecule has 1 saturated heterocycles. The number of ether oxygens (including phenoxy) is 2. The highest BCUT2D eigenvalue weighted by molar-refractivity contribution is 5.85. The summed E-state index contributed by atoms with van der Waals surface area (Å²) in [4.78, 5) is 14.1. The van der Waals surface area contributed by atoms with E-state index in [-0.39, 0.29) is 25.1 Å². The molecule has 2 aromatic rings. The number of rotatable bonds is 6. The van der Waals surface area contributed by atoms with Crippen molar-refractivity contribution in [2.45, 2.75) is 39.5 Å². The van der Waals surface area contributed by atoms with Crippen LogP contribution in [0.1, 0.15) is 30.0 Å². The molecule has 1 N–H and O–H groups in total. The van der Waals surface area contributed by atoms with E-state index in [1.165, 1.54) is 6.07 Å². The Hall–Kier alpha value is -2.31. The molecule has 29 heavy (non-hydrogen) atoms. The largest absolute Gasteiger partial charge is 0.489 e. The second-order valence-corrected chi connectivity index (χ2v) is 7.05. The number of nitrogens with zero attached hydrogens (tertiary/aromatic N) is 1. The van der Waals surface area contributed by atoms with Gasteiger partial charge in [-0.15, -0.1) is 12.4 Å². The number of benzene rings is 2. The molecular formula is C22H28ClFN2O3. The highest BCUT2D eigenvalue weighted by Gasteiger charge is 2.26. The van der Waals surface area contributed by atoms with Gasteiger partial charge in [-0.3, -0.25) is 0 Å². The Morgan fingerprint density at radius 1 is 1.24 bits per heavy atom. The van der Waals surface area contributed by atoms with Crippen LogP contribution in [0, 0.1) is 12.7 Å².